The molecule has 15 heavy (non-hydrogen) atoms. The van der Waals surface area contributed by atoms with Crippen molar-refractivity contribution < 1.29 is 19.8 Å². The van der Waals surface area contributed by atoms with Gasteiger partial charge in [0.05, 0.1) is 6.42 Å². The smallest absolute Gasteiger partial charge is 0.352 e. The number of hydrazone groups is 1. The predicted molar refractivity (Wildman–Crippen MR) is 56.5 cm³/mol. The van der Waals surface area contributed by atoms with Gasteiger partial charge in [-0.3, -0.25) is 4.79 Å². The molecule has 0 radical (unpaired) electrons. The largest absolute Gasteiger partial charge is 0.481 e. The van der Waals surface area contributed by atoms with Crippen LogP contribution in [0, 0.1) is 0 Å². The van der Waals surface area contributed by atoms with Crippen molar-refractivity contribution in [2.24, 2.45) is 10.8 Å². The molecular formula is C7H11N3O4S. The van der Waals surface area contributed by atoms with E-state index in [-0.39, 0.29) is 23.7 Å². The number of nitrogens with two attached hydrogens (primary N) is 1. The Morgan fingerprint density at radius 1 is 1.40 bits per heavy atom. The van der Waals surface area contributed by atoms with Crippen LogP contribution in [0.1, 0.15) is 12.8 Å². The summed E-state index contributed by atoms with van der Waals surface area (Å²) in [6.07, 6.45) is -0.492. The number of nitrogens with zero attached hydrogens (tertiary/aromatic N) is 2. The highest BCUT2D eigenvalue weighted by Crippen LogP contribution is 1.97. The average Bonchev–Trinajstić information content (AvgIpc) is 2.10. The monoisotopic (exact) mass is 233 g/mol. The number of carboxylic acids is 2. The van der Waals surface area contributed by atoms with Gasteiger partial charge in [-0.1, -0.05) is 0 Å². The van der Waals surface area contributed by atoms with E-state index in [0.717, 1.165) is 5.01 Å². The molecule has 0 unspecified atom stereocenters. The minimum absolute atomic E-state index is 0.0934. The Morgan fingerprint density at radius 3 is 2.27 bits per heavy atom. The van der Waals surface area contributed by atoms with Crippen LogP contribution in [0.4, 0.5) is 0 Å². The van der Waals surface area contributed by atoms with Crippen LogP contribution < -0.4 is 5.73 Å². The third kappa shape index (κ3) is 5.57. The Morgan fingerprint density at radius 2 is 1.93 bits per heavy atom. The van der Waals surface area contributed by atoms with Gasteiger partial charge in [-0.25, -0.2) is 9.80 Å². The first-order valence-corrected chi connectivity index (χ1v) is 4.31. The molecule has 0 spiro atoms. The third-order valence-electron chi connectivity index (χ3n) is 1.41. The number of thiocarbonyl (C=S) groups is 1. The van der Waals surface area contributed by atoms with Gasteiger partial charge in [-0.15, -0.1) is 0 Å². The maximum atomic E-state index is 10.6. The van der Waals surface area contributed by atoms with Crippen molar-refractivity contribution in [3.05, 3.63) is 0 Å². The van der Waals surface area contributed by atoms with Gasteiger partial charge in [0, 0.05) is 13.5 Å². The lowest BCUT2D eigenvalue weighted by Gasteiger charge is -2.10. The number of carboxylic acid groups (broad SMARTS) is 2. The molecule has 0 bridgehead atoms. The summed E-state index contributed by atoms with van der Waals surface area (Å²) in [6, 6.07) is 0. The van der Waals surface area contributed by atoms with Crippen LogP contribution in [-0.2, 0) is 9.59 Å². The van der Waals surface area contributed by atoms with E-state index < -0.39 is 11.9 Å². The summed E-state index contributed by atoms with van der Waals surface area (Å²) in [4.78, 5) is 20.9. The molecule has 0 heterocycles. The zero-order chi connectivity index (χ0) is 12.0. The summed E-state index contributed by atoms with van der Waals surface area (Å²) >= 11 is 4.55. The van der Waals surface area contributed by atoms with Crippen molar-refractivity contribution in [3.8, 4) is 0 Å². The third-order valence-corrected chi connectivity index (χ3v) is 1.68. The molecule has 0 aliphatic carbocycles. The molecule has 0 aliphatic rings. The minimum Gasteiger partial charge on any atom is -0.481 e. The molecule has 4 N–H and O–H groups in total. The number of hydrogen-bond acceptors (Lipinski definition) is 4. The number of hydrogen-bond donors (Lipinski definition) is 3. The molecule has 0 aromatic rings. The van der Waals surface area contributed by atoms with Crippen LogP contribution in [-0.4, -0.2) is 45.0 Å². The average molecular weight is 233 g/mol. The highest BCUT2D eigenvalue weighted by Gasteiger charge is 2.13. The van der Waals surface area contributed by atoms with Gasteiger partial charge in [0.15, 0.2) is 5.11 Å². The minimum atomic E-state index is -1.29. The normalized spacial score (nSPS) is 10.9. The molecule has 0 aliphatic heterocycles. The summed E-state index contributed by atoms with van der Waals surface area (Å²) < 4.78 is 0. The fourth-order valence-electron chi connectivity index (χ4n) is 0.655. The Bertz CT molecular complexity index is 315. The van der Waals surface area contributed by atoms with Gasteiger partial charge in [-0.05, 0) is 12.2 Å². The summed E-state index contributed by atoms with van der Waals surface area (Å²) in [7, 11) is 1.38. The Hall–Kier alpha value is -1.70. The Kier molecular flexibility index (Phi) is 5.24. The van der Waals surface area contributed by atoms with E-state index in [9.17, 15) is 9.59 Å². The second-order valence-electron chi connectivity index (χ2n) is 2.61. The van der Waals surface area contributed by atoms with E-state index in [0.29, 0.717) is 0 Å². The van der Waals surface area contributed by atoms with E-state index in [2.05, 4.69) is 17.3 Å². The zero-order valence-electron chi connectivity index (χ0n) is 8.01. The summed E-state index contributed by atoms with van der Waals surface area (Å²) in [5.74, 6) is -2.39. The highest BCUT2D eigenvalue weighted by atomic mass is 32.1. The van der Waals surface area contributed by atoms with Gasteiger partial charge < -0.3 is 15.9 Å². The van der Waals surface area contributed by atoms with Crippen LogP contribution in [0.15, 0.2) is 5.10 Å². The van der Waals surface area contributed by atoms with Gasteiger partial charge in [0.25, 0.3) is 0 Å². The molecule has 7 nitrogen and oxygen atoms in total. The second-order valence-corrected chi connectivity index (χ2v) is 3.03. The molecular weight excluding hydrogens is 222 g/mol. The highest BCUT2D eigenvalue weighted by molar-refractivity contribution is 7.80. The van der Waals surface area contributed by atoms with E-state index in [4.69, 9.17) is 15.9 Å². The molecule has 0 saturated carbocycles. The Balaban J connectivity index is 4.58. The summed E-state index contributed by atoms with van der Waals surface area (Å²) in [6.45, 7) is 0. The molecule has 0 saturated heterocycles. The first kappa shape index (κ1) is 13.3. The van der Waals surface area contributed by atoms with Crippen molar-refractivity contribution in [2.45, 2.75) is 12.8 Å². The van der Waals surface area contributed by atoms with E-state index >= 15 is 0 Å². The SMILES string of the molecule is CN(/N=C(/CCC(=O)O)C(=O)O)C(N)=S. The quantitative estimate of drug-likeness (QED) is 0.332. The summed E-state index contributed by atoms with van der Waals surface area (Å²) in [5, 5.41) is 21.5. The molecule has 0 atom stereocenters. The molecule has 0 fully saturated rings. The molecule has 0 rings (SSSR count). The molecule has 8 heteroatoms. The van der Waals surface area contributed by atoms with Crippen molar-refractivity contribution in [1.29, 1.82) is 0 Å². The van der Waals surface area contributed by atoms with Gasteiger partial charge in [-0.2, -0.15) is 5.10 Å². The maximum Gasteiger partial charge on any atom is 0.352 e. The first-order chi connectivity index (χ1) is 6.84. The summed E-state index contributed by atoms with van der Waals surface area (Å²) in [5.41, 5.74) is 4.88. The number of rotatable bonds is 5. The van der Waals surface area contributed by atoms with Crippen molar-refractivity contribution in [3.63, 3.8) is 0 Å². The second kappa shape index (κ2) is 5.91. The lowest BCUT2D eigenvalue weighted by Crippen LogP contribution is -2.30. The standard InChI is InChI=1S/C7H11N3O4S/c1-10(7(8)15)9-4(6(13)14)2-3-5(11)12/h2-3H2,1H3,(H2,8,15)(H,11,12)(H,13,14)/b9-4-. The van der Waals surface area contributed by atoms with Gasteiger partial charge >= 0.3 is 11.9 Å². The van der Waals surface area contributed by atoms with Gasteiger partial charge in [0.2, 0.25) is 0 Å². The molecule has 0 amide bonds. The topological polar surface area (TPSA) is 116 Å². The van der Waals surface area contributed by atoms with Gasteiger partial charge in [0.1, 0.15) is 5.71 Å². The zero-order valence-corrected chi connectivity index (χ0v) is 8.82. The van der Waals surface area contributed by atoms with Crippen LogP contribution in [0.5, 0.6) is 0 Å². The van der Waals surface area contributed by atoms with Crippen molar-refractivity contribution in [2.75, 3.05) is 7.05 Å². The lowest BCUT2D eigenvalue weighted by molar-refractivity contribution is -0.136. The fraction of sp³-hybridized carbons (Fsp3) is 0.429. The molecule has 0 aromatic heterocycles. The van der Waals surface area contributed by atoms with E-state index in [1.54, 1.807) is 0 Å². The van der Waals surface area contributed by atoms with Crippen LogP contribution >= 0.6 is 12.2 Å². The Labute approximate surface area is 91.2 Å². The fourth-order valence-corrected chi connectivity index (χ4v) is 0.696. The van der Waals surface area contributed by atoms with Crippen LogP contribution in [0.3, 0.4) is 0 Å². The van der Waals surface area contributed by atoms with Crippen LogP contribution in [0.2, 0.25) is 0 Å². The lowest BCUT2D eigenvalue weighted by atomic mass is 10.2. The molecule has 84 valence electrons. The number of carbonyl (C=O) groups is 2. The maximum absolute atomic E-state index is 10.6. The van der Waals surface area contributed by atoms with Crippen LogP contribution in [0.25, 0.3) is 0 Å². The van der Waals surface area contributed by atoms with Crippen molar-refractivity contribution in [1.82, 2.24) is 5.01 Å². The van der Waals surface area contributed by atoms with E-state index in [1.165, 1.54) is 7.05 Å². The first-order valence-electron chi connectivity index (χ1n) is 3.90. The predicted octanol–water partition coefficient (Wildman–Crippen LogP) is -0.533. The number of aliphatic carboxylic acids is 2. The van der Waals surface area contributed by atoms with E-state index in [1.807, 2.05) is 0 Å². The molecule has 0 aromatic carbocycles. The van der Waals surface area contributed by atoms with Crippen molar-refractivity contribution >= 4 is 35.0 Å².